The van der Waals surface area contributed by atoms with Crippen molar-refractivity contribution < 1.29 is 19.4 Å². The molecule has 0 saturated heterocycles. The van der Waals surface area contributed by atoms with Gasteiger partial charge in [-0.1, -0.05) is 6.92 Å². The number of hydrogen-bond acceptors (Lipinski definition) is 4. The molecule has 0 bridgehead atoms. The number of nitrogens with two attached hydrogens (primary N) is 1. The van der Waals surface area contributed by atoms with Gasteiger partial charge in [0.2, 0.25) is 5.91 Å². The number of aliphatic hydroxyl groups excluding tert-OH is 1. The van der Waals surface area contributed by atoms with Gasteiger partial charge in [0, 0.05) is 12.5 Å². The third-order valence-corrected chi connectivity index (χ3v) is 2.03. The van der Waals surface area contributed by atoms with Gasteiger partial charge in [-0.05, 0) is 20.3 Å². The molecule has 2 amide bonds. The maximum Gasteiger partial charge on any atom is 0.405 e. The van der Waals surface area contributed by atoms with E-state index in [1.807, 2.05) is 0 Å². The molecular weight excluding hydrogens is 212 g/mol. The summed E-state index contributed by atoms with van der Waals surface area (Å²) in [7, 11) is 0. The molecule has 0 aliphatic heterocycles. The molecule has 16 heavy (non-hydrogen) atoms. The number of ether oxygens (including phenoxy) is 1. The second-order valence-corrected chi connectivity index (χ2v) is 4.30. The maximum atomic E-state index is 11.5. The maximum absolute atomic E-state index is 11.5. The van der Waals surface area contributed by atoms with Crippen molar-refractivity contribution in [3.8, 4) is 0 Å². The first kappa shape index (κ1) is 14.7. The van der Waals surface area contributed by atoms with Crippen molar-refractivity contribution in [2.75, 3.05) is 13.2 Å². The average Bonchev–Trinajstić information content (AvgIpc) is 2.10. The summed E-state index contributed by atoms with van der Waals surface area (Å²) in [6, 6.07) is 0. The van der Waals surface area contributed by atoms with Crippen molar-refractivity contribution in [3.05, 3.63) is 0 Å². The van der Waals surface area contributed by atoms with Gasteiger partial charge in [0.1, 0.15) is 5.60 Å². The van der Waals surface area contributed by atoms with E-state index in [1.54, 1.807) is 20.8 Å². The van der Waals surface area contributed by atoms with E-state index in [0.29, 0.717) is 6.42 Å². The Morgan fingerprint density at radius 1 is 1.50 bits per heavy atom. The Morgan fingerprint density at radius 3 is 2.50 bits per heavy atom. The minimum atomic E-state index is -0.854. The Labute approximate surface area is 95.1 Å². The summed E-state index contributed by atoms with van der Waals surface area (Å²) in [5.41, 5.74) is 4.14. The van der Waals surface area contributed by atoms with Crippen LogP contribution in [-0.2, 0) is 9.53 Å². The summed E-state index contributed by atoms with van der Waals surface area (Å²) in [4.78, 5) is 22.1. The number of carbonyl (C=O) groups excluding carboxylic acids is 2. The summed E-state index contributed by atoms with van der Waals surface area (Å²) >= 11 is 0. The predicted octanol–water partition coefficient (Wildman–Crippen LogP) is -0.00500. The minimum absolute atomic E-state index is 0.0976. The Bertz CT molecular complexity index is 253. The van der Waals surface area contributed by atoms with E-state index in [-0.39, 0.29) is 25.0 Å². The fraction of sp³-hybridized carbons (Fsp3) is 0.800. The quantitative estimate of drug-likeness (QED) is 0.599. The van der Waals surface area contributed by atoms with Crippen LogP contribution in [0.5, 0.6) is 0 Å². The molecule has 0 aliphatic carbocycles. The minimum Gasteiger partial charge on any atom is -0.444 e. The normalized spacial score (nSPS) is 13.0. The fourth-order valence-corrected chi connectivity index (χ4v) is 1.50. The van der Waals surface area contributed by atoms with Crippen LogP contribution in [0.3, 0.4) is 0 Å². The molecule has 94 valence electrons. The van der Waals surface area contributed by atoms with E-state index >= 15 is 0 Å². The van der Waals surface area contributed by atoms with Crippen LogP contribution in [-0.4, -0.2) is 35.9 Å². The Kier molecular flexibility index (Phi) is 5.81. The van der Waals surface area contributed by atoms with Crippen LogP contribution in [0.2, 0.25) is 0 Å². The van der Waals surface area contributed by atoms with Crippen molar-refractivity contribution in [1.82, 2.24) is 5.32 Å². The topological polar surface area (TPSA) is 102 Å². The van der Waals surface area contributed by atoms with Gasteiger partial charge in [-0.2, -0.15) is 0 Å². The summed E-state index contributed by atoms with van der Waals surface area (Å²) in [6.45, 7) is 5.22. The molecule has 0 fully saturated rings. The number of nitrogens with one attached hydrogen (secondary N) is 1. The summed E-state index contributed by atoms with van der Waals surface area (Å²) in [5.74, 6) is -0.504. The molecule has 0 spiro atoms. The lowest BCUT2D eigenvalue weighted by Crippen LogP contribution is -2.38. The van der Waals surface area contributed by atoms with Gasteiger partial charge >= 0.3 is 6.09 Å². The Morgan fingerprint density at radius 2 is 2.06 bits per heavy atom. The highest BCUT2D eigenvalue weighted by atomic mass is 16.6. The summed E-state index contributed by atoms with van der Waals surface area (Å²) < 4.78 is 4.87. The van der Waals surface area contributed by atoms with E-state index in [9.17, 15) is 9.59 Å². The number of carbonyl (C=O) groups is 2. The number of primary amides is 1. The van der Waals surface area contributed by atoms with Crippen LogP contribution >= 0.6 is 0 Å². The van der Waals surface area contributed by atoms with Gasteiger partial charge in [-0.3, -0.25) is 4.79 Å². The first-order chi connectivity index (χ1) is 7.28. The first-order valence-corrected chi connectivity index (χ1v) is 5.15. The molecule has 1 atom stereocenters. The molecule has 6 heteroatoms. The molecule has 4 N–H and O–H groups in total. The second kappa shape index (κ2) is 6.32. The number of aliphatic hydroxyl groups is 1. The zero-order valence-corrected chi connectivity index (χ0v) is 9.95. The van der Waals surface area contributed by atoms with Crippen LogP contribution < -0.4 is 11.1 Å². The highest BCUT2D eigenvalue weighted by Gasteiger charge is 2.27. The van der Waals surface area contributed by atoms with Crippen molar-refractivity contribution >= 4 is 12.0 Å². The fourth-order valence-electron chi connectivity index (χ4n) is 1.50. The average molecular weight is 232 g/mol. The summed E-state index contributed by atoms with van der Waals surface area (Å²) in [5, 5.41) is 11.1. The van der Waals surface area contributed by atoms with E-state index in [0.717, 1.165) is 0 Å². The predicted molar refractivity (Wildman–Crippen MR) is 58.6 cm³/mol. The lowest BCUT2D eigenvalue weighted by molar-refractivity contribution is -0.126. The lowest BCUT2D eigenvalue weighted by atomic mass is 9.94. The first-order valence-electron chi connectivity index (χ1n) is 5.15. The zero-order chi connectivity index (χ0) is 12.8. The zero-order valence-electron chi connectivity index (χ0n) is 9.95. The van der Waals surface area contributed by atoms with Gasteiger partial charge in [-0.15, -0.1) is 0 Å². The molecule has 0 aromatic rings. The van der Waals surface area contributed by atoms with Gasteiger partial charge in [0.15, 0.2) is 0 Å². The van der Waals surface area contributed by atoms with Crippen molar-refractivity contribution in [1.29, 1.82) is 0 Å². The van der Waals surface area contributed by atoms with Crippen LogP contribution in [0.25, 0.3) is 0 Å². The summed E-state index contributed by atoms with van der Waals surface area (Å²) in [6.07, 6.45) is -0.485. The van der Waals surface area contributed by atoms with E-state index < -0.39 is 11.7 Å². The third-order valence-electron chi connectivity index (χ3n) is 2.03. The largest absolute Gasteiger partial charge is 0.444 e. The molecule has 0 radical (unpaired) electrons. The van der Waals surface area contributed by atoms with Gasteiger partial charge in [-0.25, -0.2) is 4.79 Å². The lowest BCUT2D eigenvalue weighted by Gasteiger charge is -2.26. The molecular formula is C10H20N2O4. The molecule has 6 nitrogen and oxygen atoms in total. The molecule has 0 aromatic heterocycles. The highest BCUT2D eigenvalue weighted by Crippen LogP contribution is 2.20. The monoisotopic (exact) mass is 232 g/mol. The standard InChI is InChI=1S/C10H20N2O4/c1-7(8(14)12-4-5-13)6-10(2,3)16-9(11)15/h7,13H,4-6H2,1-3H3,(H2,11,15)(H,12,14)/t7-/m1/s1. The SMILES string of the molecule is C[C@H](CC(C)(C)OC(N)=O)C(=O)NCCO. The van der Waals surface area contributed by atoms with Gasteiger partial charge in [0.05, 0.1) is 6.61 Å². The van der Waals surface area contributed by atoms with E-state index in [4.69, 9.17) is 15.6 Å². The molecule has 0 heterocycles. The Hall–Kier alpha value is -1.30. The molecule has 0 aliphatic rings. The number of amides is 2. The van der Waals surface area contributed by atoms with Crippen LogP contribution in [0, 0.1) is 5.92 Å². The van der Waals surface area contributed by atoms with Gasteiger partial charge < -0.3 is 20.9 Å². The van der Waals surface area contributed by atoms with E-state index in [1.165, 1.54) is 0 Å². The van der Waals surface area contributed by atoms with Crippen molar-refractivity contribution in [2.45, 2.75) is 32.8 Å². The molecule has 0 rings (SSSR count). The van der Waals surface area contributed by atoms with Crippen LogP contribution in [0.15, 0.2) is 0 Å². The third kappa shape index (κ3) is 6.23. The number of rotatable bonds is 6. The Balaban J connectivity index is 4.15. The second-order valence-electron chi connectivity index (χ2n) is 4.30. The van der Waals surface area contributed by atoms with Crippen LogP contribution in [0.4, 0.5) is 4.79 Å². The molecule has 0 aromatic carbocycles. The molecule has 0 unspecified atom stereocenters. The highest BCUT2D eigenvalue weighted by molar-refractivity contribution is 5.78. The van der Waals surface area contributed by atoms with Crippen LogP contribution in [0.1, 0.15) is 27.2 Å². The van der Waals surface area contributed by atoms with Crippen molar-refractivity contribution in [2.24, 2.45) is 11.7 Å². The molecule has 0 saturated carbocycles. The van der Waals surface area contributed by atoms with Gasteiger partial charge in [0.25, 0.3) is 0 Å². The van der Waals surface area contributed by atoms with E-state index in [2.05, 4.69) is 5.32 Å². The van der Waals surface area contributed by atoms with Crippen molar-refractivity contribution in [3.63, 3.8) is 0 Å². The smallest absolute Gasteiger partial charge is 0.405 e. The number of hydrogen-bond donors (Lipinski definition) is 3.